The highest BCUT2D eigenvalue weighted by molar-refractivity contribution is 7.89. The van der Waals surface area contributed by atoms with Crippen molar-refractivity contribution in [1.82, 2.24) is 19.8 Å². The Hall–Kier alpha value is -3.25. The molecule has 2 amide bonds. The van der Waals surface area contributed by atoms with Crippen LogP contribution < -0.4 is 15.9 Å². The van der Waals surface area contributed by atoms with E-state index in [-0.39, 0.29) is 33.8 Å². The summed E-state index contributed by atoms with van der Waals surface area (Å²) in [7, 11) is 1.17. The second-order valence-corrected chi connectivity index (χ2v) is 15.1. The molecular formula is C41H64FN4O6PS. The number of ether oxygens (including phenoxy) is 1. The van der Waals surface area contributed by atoms with Crippen molar-refractivity contribution in [2.45, 2.75) is 91.1 Å². The average molecular weight is 791 g/mol. The first-order valence-corrected chi connectivity index (χ1v) is 20.9. The zero-order valence-corrected chi connectivity index (χ0v) is 35.6. The number of rotatable bonds is 16. The van der Waals surface area contributed by atoms with Gasteiger partial charge >= 0.3 is 0 Å². The van der Waals surface area contributed by atoms with Crippen LogP contribution in [0.2, 0.25) is 0 Å². The number of sulfonamides is 1. The highest BCUT2D eigenvalue weighted by Crippen LogP contribution is 2.25. The molecule has 1 aliphatic heterocycles. The van der Waals surface area contributed by atoms with E-state index in [9.17, 15) is 22.4 Å². The van der Waals surface area contributed by atoms with E-state index in [0.29, 0.717) is 52.2 Å². The Bertz CT molecular complexity index is 1630. The first-order valence-electron chi connectivity index (χ1n) is 18.9. The molecule has 3 aromatic carbocycles. The first-order chi connectivity index (χ1) is 25.9. The number of nitrogens with zero attached hydrogens (tertiary/aromatic N) is 2. The van der Waals surface area contributed by atoms with E-state index in [2.05, 4.69) is 51.1 Å². The Balaban J connectivity index is 0.000000957. The van der Waals surface area contributed by atoms with Crippen molar-refractivity contribution in [3.63, 3.8) is 0 Å². The molecule has 302 valence electrons. The molecule has 2 unspecified atom stereocenters. The SMILES string of the molecule is CC.CCCN(CC)S(=O)(=O)c1cc(C(=O)NCCCNCc2cccc(CC)c2)cc(C(=O)N2CCCC2COC)c1.CO.Cc1cc(F)cc(P)c1. The summed E-state index contributed by atoms with van der Waals surface area (Å²) >= 11 is 0. The van der Waals surface area contributed by atoms with Gasteiger partial charge in [-0.25, -0.2) is 12.8 Å². The molecule has 54 heavy (non-hydrogen) atoms. The van der Waals surface area contributed by atoms with Crippen LogP contribution in [0.1, 0.15) is 97.7 Å². The Morgan fingerprint density at radius 3 is 2.30 bits per heavy atom. The summed E-state index contributed by atoms with van der Waals surface area (Å²) in [5, 5.41) is 14.2. The van der Waals surface area contributed by atoms with Crippen LogP contribution in [0.15, 0.2) is 65.6 Å². The molecular weight excluding hydrogens is 727 g/mol. The van der Waals surface area contributed by atoms with E-state index < -0.39 is 15.9 Å². The Kier molecular flexibility index (Phi) is 24.0. The van der Waals surface area contributed by atoms with Gasteiger partial charge < -0.3 is 25.4 Å². The summed E-state index contributed by atoms with van der Waals surface area (Å²) in [5.74, 6) is -0.856. The molecule has 0 spiro atoms. The third-order valence-electron chi connectivity index (χ3n) is 8.49. The summed E-state index contributed by atoms with van der Waals surface area (Å²) in [5.41, 5.74) is 3.84. The molecule has 0 aliphatic carbocycles. The lowest BCUT2D eigenvalue weighted by Crippen LogP contribution is -2.38. The maximum atomic E-state index is 13.6. The van der Waals surface area contributed by atoms with Gasteiger partial charge in [-0.3, -0.25) is 9.59 Å². The number of hydrogen-bond donors (Lipinski definition) is 3. The molecule has 10 nitrogen and oxygen atoms in total. The molecule has 1 fully saturated rings. The predicted molar refractivity (Wildman–Crippen MR) is 222 cm³/mol. The molecule has 0 radical (unpaired) electrons. The largest absolute Gasteiger partial charge is 0.400 e. The van der Waals surface area contributed by atoms with Crippen LogP contribution in [0.3, 0.4) is 0 Å². The van der Waals surface area contributed by atoms with E-state index >= 15 is 0 Å². The van der Waals surface area contributed by atoms with Gasteiger partial charge in [0.05, 0.1) is 17.5 Å². The highest BCUT2D eigenvalue weighted by Gasteiger charge is 2.31. The highest BCUT2D eigenvalue weighted by atomic mass is 32.2. The molecule has 3 aromatic rings. The fourth-order valence-electron chi connectivity index (χ4n) is 5.96. The molecule has 3 N–H and O–H groups in total. The third-order valence-corrected chi connectivity index (χ3v) is 10.8. The van der Waals surface area contributed by atoms with Gasteiger partial charge in [0.25, 0.3) is 11.8 Å². The number of hydrogen-bond acceptors (Lipinski definition) is 7. The molecule has 4 rings (SSSR count). The zero-order valence-electron chi connectivity index (χ0n) is 33.6. The van der Waals surface area contributed by atoms with Crippen LogP contribution in [0.4, 0.5) is 4.39 Å². The van der Waals surface area contributed by atoms with Crippen molar-refractivity contribution in [3.8, 4) is 0 Å². The van der Waals surface area contributed by atoms with Crippen molar-refractivity contribution in [3.05, 3.63) is 94.3 Å². The summed E-state index contributed by atoms with van der Waals surface area (Å²) < 4.78 is 46.1. The predicted octanol–water partition coefficient (Wildman–Crippen LogP) is 6.10. The number of amides is 2. The van der Waals surface area contributed by atoms with Crippen molar-refractivity contribution in [2.24, 2.45) is 0 Å². The Labute approximate surface area is 326 Å². The van der Waals surface area contributed by atoms with Crippen LogP contribution >= 0.6 is 9.24 Å². The molecule has 1 saturated heterocycles. The number of benzene rings is 3. The number of nitrogens with one attached hydrogen (secondary N) is 2. The van der Waals surface area contributed by atoms with Crippen molar-refractivity contribution in [2.75, 3.05) is 53.6 Å². The van der Waals surface area contributed by atoms with Crippen LogP contribution in [0, 0.1) is 12.7 Å². The van der Waals surface area contributed by atoms with Crippen LogP contribution in [-0.2, 0) is 27.7 Å². The minimum atomic E-state index is -3.89. The normalized spacial score (nSPS) is 13.6. The topological polar surface area (TPSA) is 128 Å². The fourth-order valence-corrected chi connectivity index (χ4v) is 7.99. The van der Waals surface area contributed by atoms with E-state index in [1.165, 1.54) is 45.8 Å². The number of carbonyl (C=O) groups is 2. The molecule has 1 heterocycles. The molecule has 2 atom stereocenters. The van der Waals surface area contributed by atoms with Gasteiger partial charge in [0.2, 0.25) is 10.0 Å². The number of aliphatic hydroxyl groups excluding tert-OH is 1. The average Bonchev–Trinajstić information content (AvgIpc) is 3.64. The van der Waals surface area contributed by atoms with E-state index in [0.717, 1.165) is 43.8 Å². The number of methoxy groups -OCH3 is 1. The smallest absolute Gasteiger partial charge is 0.254 e. The number of aryl methyl sites for hydroxylation is 2. The lowest BCUT2D eigenvalue weighted by atomic mass is 10.1. The van der Waals surface area contributed by atoms with Gasteiger partial charge in [-0.2, -0.15) is 4.31 Å². The lowest BCUT2D eigenvalue weighted by Gasteiger charge is -2.25. The van der Waals surface area contributed by atoms with Gasteiger partial charge in [0.1, 0.15) is 5.82 Å². The van der Waals surface area contributed by atoms with Crippen LogP contribution in [0.5, 0.6) is 0 Å². The molecule has 1 aliphatic rings. The van der Waals surface area contributed by atoms with Gasteiger partial charge in [0, 0.05) is 58.1 Å². The number of carbonyl (C=O) groups excluding carboxylic acids is 2. The molecule has 13 heteroatoms. The number of likely N-dealkylation sites (tertiary alicyclic amines) is 1. The van der Waals surface area contributed by atoms with Crippen LogP contribution in [-0.4, -0.2) is 94.1 Å². The fraction of sp³-hybridized carbons (Fsp3) is 0.512. The number of halogens is 1. The number of aliphatic hydroxyl groups is 1. The molecule has 0 saturated carbocycles. The Morgan fingerprint density at radius 2 is 1.69 bits per heavy atom. The quantitative estimate of drug-likeness (QED) is 0.118. The first kappa shape index (κ1) is 48.8. The van der Waals surface area contributed by atoms with Crippen molar-refractivity contribution >= 4 is 36.4 Å². The van der Waals surface area contributed by atoms with Gasteiger partial charge in [-0.15, -0.1) is 9.24 Å². The van der Waals surface area contributed by atoms with Gasteiger partial charge in [-0.05, 0) is 97.9 Å². The van der Waals surface area contributed by atoms with E-state index in [1.54, 1.807) is 18.9 Å². The monoisotopic (exact) mass is 790 g/mol. The third kappa shape index (κ3) is 15.8. The minimum Gasteiger partial charge on any atom is -0.400 e. The zero-order chi connectivity index (χ0) is 40.7. The van der Waals surface area contributed by atoms with Gasteiger partial charge in [-0.1, -0.05) is 65.0 Å². The second kappa shape index (κ2) is 26.5. The standard InChI is InChI=1S/C31H46N4O5S.C7H8FP.C2H6.CH4O/c1-5-16-34(7-3)41(38,39)29-20-26(19-27(21-29)31(37)35-17-9-13-28(35)23-40-4)30(36)33-15-10-14-32-22-25-12-8-11-24(6-2)18-25;1-5-2-6(8)4-7(9)3-5;2*1-2/h8,11-12,18-21,28,32H,5-7,9-10,13-17,22-23H2,1-4H3,(H,33,36);2-4H,9H2,1H3;1-2H3;2H,1H3. The molecule has 0 bridgehead atoms. The second-order valence-electron chi connectivity index (χ2n) is 12.5. The van der Waals surface area contributed by atoms with E-state index in [4.69, 9.17) is 9.84 Å². The lowest BCUT2D eigenvalue weighted by molar-refractivity contribution is 0.0630. The van der Waals surface area contributed by atoms with Crippen molar-refractivity contribution < 1.29 is 32.2 Å². The maximum absolute atomic E-state index is 13.6. The maximum Gasteiger partial charge on any atom is 0.254 e. The summed E-state index contributed by atoms with van der Waals surface area (Å²) in [4.78, 5) is 28.4. The molecule has 0 aromatic heterocycles. The summed E-state index contributed by atoms with van der Waals surface area (Å²) in [6.45, 7) is 15.2. The Morgan fingerprint density at radius 1 is 1.00 bits per heavy atom. The minimum absolute atomic E-state index is 0.0396. The summed E-state index contributed by atoms with van der Waals surface area (Å²) in [6, 6.07) is 17.6. The van der Waals surface area contributed by atoms with Gasteiger partial charge in [0.15, 0.2) is 0 Å². The van der Waals surface area contributed by atoms with Crippen LogP contribution in [0.25, 0.3) is 0 Å². The summed E-state index contributed by atoms with van der Waals surface area (Å²) in [6.07, 6.45) is 4.03. The van der Waals surface area contributed by atoms with Crippen molar-refractivity contribution in [1.29, 1.82) is 0 Å². The van der Waals surface area contributed by atoms with E-state index in [1.807, 2.05) is 33.8 Å².